The van der Waals surface area contributed by atoms with E-state index in [1.54, 1.807) is 0 Å². The zero-order valence-electron chi connectivity index (χ0n) is 10.9. The van der Waals surface area contributed by atoms with Crippen LogP contribution in [0.2, 0.25) is 0 Å². The molecule has 0 atom stereocenters. The molecule has 0 saturated heterocycles. The Hall–Kier alpha value is -1.75. The van der Waals surface area contributed by atoms with Crippen LogP contribution in [0, 0.1) is 0 Å². The molecule has 0 aliphatic heterocycles. The molecule has 0 spiro atoms. The van der Waals surface area contributed by atoms with Gasteiger partial charge in [-0.1, -0.05) is 12.1 Å². The van der Waals surface area contributed by atoms with E-state index in [9.17, 15) is 4.79 Å². The fourth-order valence-corrected chi connectivity index (χ4v) is 1.46. The van der Waals surface area contributed by atoms with Crippen LogP contribution in [-0.4, -0.2) is 25.2 Å². The van der Waals surface area contributed by atoms with E-state index >= 15 is 0 Å². The van der Waals surface area contributed by atoms with Gasteiger partial charge in [0.05, 0.1) is 6.10 Å². The number of benzene rings is 1. The second kappa shape index (κ2) is 7.55. The van der Waals surface area contributed by atoms with Gasteiger partial charge in [0.2, 0.25) is 0 Å². The second-order valence-electron chi connectivity index (χ2n) is 4.28. The van der Waals surface area contributed by atoms with Crippen molar-refractivity contribution in [3.8, 4) is 5.75 Å². The van der Waals surface area contributed by atoms with Crippen molar-refractivity contribution < 1.29 is 9.53 Å². The van der Waals surface area contributed by atoms with E-state index in [-0.39, 0.29) is 6.10 Å². The molecule has 0 aromatic heterocycles. The predicted octanol–water partition coefficient (Wildman–Crippen LogP) is 1.23. The zero-order valence-corrected chi connectivity index (χ0v) is 10.9. The summed E-state index contributed by atoms with van der Waals surface area (Å²) >= 11 is 0. The molecular formula is C13H21N3O2. The minimum atomic E-state index is -0.494. The minimum absolute atomic E-state index is 0.189. The first kappa shape index (κ1) is 14.3. The van der Waals surface area contributed by atoms with Crippen LogP contribution >= 0.6 is 0 Å². The van der Waals surface area contributed by atoms with Crippen LogP contribution in [0.3, 0.4) is 0 Å². The number of carbonyl (C=O) groups is 1. The molecule has 1 aromatic carbocycles. The first-order chi connectivity index (χ1) is 8.58. The summed E-state index contributed by atoms with van der Waals surface area (Å²) < 4.78 is 5.56. The average Bonchev–Trinajstić information content (AvgIpc) is 2.30. The van der Waals surface area contributed by atoms with Crippen LogP contribution in [0.5, 0.6) is 5.75 Å². The SMILES string of the molecule is CC(C)Oc1ccc(CNCCNC(N)=O)cc1. The van der Waals surface area contributed by atoms with Gasteiger partial charge < -0.3 is 21.1 Å². The van der Waals surface area contributed by atoms with E-state index in [1.807, 2.05) is 38.1 Å². The van der Waals surface area contributed by atoms with Crippen molar-refractivity contribution >= 4 is 6.03 Å². The first-order valence-electron chi connectivity index (χ1n) is 6.07. The zero-order chi connectivity index (χ0) is 13.4. The normalized spacial score (nSPS) is 10.4. The highest BCUT2D eigenvalue weighted by molar-refractivity contribution is 5.71. The molecule has 0 fully saturated rings. The summed E-state index contributed by atoms with van der Waals surface area (Å²) in [7, 11) is 0. The number of carbonyl (C=O) groups excluding carboxylic acids is 1. The van der Waals surface area contributed by atoms with Gasteiger partial charge in [0.15, 0.2) is 0 Å². The first-order valence-corrected chi connectivity index (χ1v) is 6.07. The van der Waals surface area contributed by atoms with Crippen LogP contribution in [0.4, 0.5) is 4.79 Å². The number of nitrogens with one attached hydrogen (secondary N) is 2. The Bertz CT molecular complexity index is 363. The molecular weight excluding hydrogens is 230 g/mol. The molecule has 0 aliphatic carbocycles. The summed E-state index contributed by atoms with van der Waals surface area (Å²) in [6.45, 7) is 5.97. The summed E-state index contributed by atoms with van der Waals surface area (Å²) in [6, 6.07) is 7.46. The third kappa shape index (κ3) is 6.10. The van der Waals surface area contributed by atoms with E-state index in [0.717, 1.165) is 12.3 Å². The molecule has 0 radical (unpaired) electrons. The van der Waals surface area contributed by atoms with Gasteiger partial charge in [0, 0.05) is 19.6 Å². The Morgan fingerprint density at radius 3 is 2.50 bits per heavy atom. The van der Waals surface area contributed by atoms with Crippen LogP contribution in [-0.2, 0) is 6.54 Å². The molecule has 0 aliphatic rings. The van der Waals surface area contributed by atoms with Crippen molar-refractivity contribution in [2.24, 2.45) is 5.73 Å². The van der Waals surface area contributed by atoms with Gasteiger partial charge in [0.25, 0.3) is 0 Å². The van der Waals surface area contributed by atoms with Crippen LogP contribution in [0.25, 0.3) is 0 Å². The van der Waals surface area contributed by atoms with Gasteiger partial charge in [-0.15, -0.1) is 0 Å². The van der Waals surface area contributed by atoms with E-state index in [2.05, 4.69) is 10.6 Å². The number of nitrogens with two attached hydrogens (primary N) is 1. The molecule has 100 valence electrons. The number of hydrogen-bond acceptors (Lipinski definition) is 3. The molecule has 0 heterocycles. The lowest BCUT2D eigenvalue weighted by molar-refractivity contribution is 0.242. The van der Waals surface area contributed by atoms with Crippen molar-refractivity contribution in [2.45, 2.75) is 26.5 Å². The maximum Gasteiger partial charge on any atom is 0.312 e. The number of amides is 2. The average molecular weight is 251 g/mol. The maximum absolute atomic E-state index is 10.4. The largest absolute Gasteiger partial charge is 0.491 e. The Labute approximate surface area is 108 Å². The maximum atomic E-state index is 10.4. The van der Waals surface area contributed by atoms with E-state index in [1.165, 1.54) is 5.56 Å². The second-order valence-corrected chi connectivity index (χ2v) is 4.28. The van der Waals surface area contributed by atoms with Crippen molar-refractivity contribution in [3.05, 3.63) is 29.8 Å². The van der Waals surface area contributed by atoms with Crippen molar-refractivity contribution in [3.63, 3.8) is 0 Å². The smallest absolute Gasteiger partial charge is 0.312 e. The fraction of sp³-hybridized carbons (Fsp3) is 0.462. The Balaban J connectivity index is 2.24. The van der Waals surface area contributed by atoms with Crippen LogP contribution in [0.1, 0.15) is 19.4 Å². The highest BCUT2D eigenvalue weighted by Crippen LogP contribution is 2.13. The molecule has 5 heteroatoms. The standard InChI is InChI=1S/C13H21N3O2/c1-10(2)18-12-5-3-11(4-6-12)9-15-7-8-16-13(14)17/h3-6,10,15H,7-9H2,1-2H3,(H3,14,16,17). The molecule has 1 rings (SSSR count). The van der Waals surface area contributed by atoms with Crippen molar-refractivity contribution in [1.29, 1.82) is 0 Å². The molecule has 5 nitrogen and oxygen atoms in total. The van der Waals surface area contributed by atoms with Gasteiger partial charge >= 0.3 is 6.03 Å². The van der Waals surface area contributed by atoms with Gasteiger partial charge in [0.1, 0.15) is 5.75 Å². The topological polar surface area (TPSA) is 76.4 Å². The van der Waals surface area contributed by atoms with Crippen LogP contribution in [0.15, 0.2) is 24.3 Å². The van der Waals surface area contributed by atoms with Gasteiger partial charge in [-0.2, -0.15) is 0 Å². The molecule has 0 bridgehead atoms. The van der Waals surface area contributed by atoms with Crippen molar-refractivity contribution in [1.82, 2.24) is 10.6 Å². The van der Waals surface area contributed by atoms with Crippen molar-refractivity contribution in [2.75, 3.05) is 13.1 Å². The molecule has 1 aromatic rings. The number of rotatable bonds is 7. The molecule has 0 unspecified atom stereocenters. The highest BCUT2D eigenvalue weighted by Gasteiger charge is 1.98. The third-order valence-corrected chi connectivity index (χ3v) is 2.23. The highest BCUT2D eigenvalue weighted by atomic mass is 16.5. The molecule has 0 saturated carbocycles. The third-order valence-electron chi connectivity index (χ3n) is 2.23. The van der Waals surface area contributed by atoms with Crippen LogP contribution < -0.4 is 21.1 Å². The van der Waals surface area contributed by atoms with Gasteiger partial charge in [-0.25, -0.2) is 4.79 Å². The number of ether oxygens (including phenoxy) is 1. The Kier molecular flexibility index (Phi) is 6.00. The number of hydrogen-bond donors (Lipinski definition) is 3. The summed E-state index contributed by atoms with van der Waals surface area (Å²) in [4.78, 5) is 10.4. The van der Waals surface area contributed by atoms with E-state index in [0.29, 0.717) is 13.1 Å². The van der Waals surface area contributed by atoms with E-state index in [4.69, 9.17) is 10.5 Å². The minimum Gasteiger partial charge on any atom is -0.491 e. The van der Waals surface area contributed by atoms with Gasteiger partial charge in [-0.3, -0.25) is 0 Å². The Morgan fingerprint density at radius 1 is 1.28 bits per heavy atom. The summed E-state index contributed by atoms with van der Waals surface area (Å²) in [5, 5.41) is 5.73. The monoisotopic (exact) mass is 251 g/mol. The quantitative estimate of drug-likeness (QED) is 0.638. The summed E-state index contributed by atoms with van der Waals surface area (Å²) in [5.74, 6) is 0.879. The Morgan fingerprint density at radius 2 is 1.94 bits per heavy atom. The lowest BCUT2D eigenvalue weighted by Crippen LogP contribution is -2.35. The molecule has 18 heavy (non-hydrogen) atoms. The lowest BCUT2D eigenvalue weighted by Gasteiger charge is -2.10. The van der Waals surface area contributed by atoms with Gasteiger partial charge in [-0.05, 0) is 31.5 Å². The fourth-order valence-electron chi connectivity index (χ4n) is 1.46. The summed E-state index contributed by atoms with van der Waals surface area (Å²) in [5.41, 5.74) is 6.12. The number of primary amides is 1. The molecule has 4 N–H and O–H groups in total. The summed E-state index contributed by atoms with van der Waals surface area (Å²) in [6.07, 6.45) is 0.189. The molecule has 2 amide bonds. The number of urea groups is 1. The lowest BCUT2D eigenvalue weighted by atomic mass is 10.2. The van der Waals surface area contributed by atoms with E-state index < -0.39 is 6.03 Å². The predicted molar refractivity (Wildman–Crippen MR) is 71.5 cm³/mol.